The van der Waals surface area contributed by atoms with Gasteiger partial charge in [0.2, 0.25) is 10.0 Å². The van der Waals surface area contributed by atoms with Crippen LogP contribution in [0.15, 0.2) is 48.5 Å². The molecule has 0 aromatic heterocycles. The number of nitrogens with zero attached hydrogens (tertiary/aromatic N) is 1. The van der Waals surface area contributed by atoms with Crippen molar-refractivity contribution in [3.8, 4) is 11.5 Å². The minimum atomic E-state index is -3.47. The number of anilines is 2. The van der Waals surface area contributed by atoms with Gasteiger partial charge in [0.25, 0.3) is 0 Å². The SMILES string of the molecule is CS(=O)(=O)N[C@H]1COCC(N2c3ccccc3Oc3ccccc32)C1O. The van der Waals surface area contributed by atoms with Gasteiger partial charge in [-0.3, -0.25) is 0 Å². The van der Waals surface area contributed by atoms with Crippen molar-refractivity contribution in [3.05, 3.63) is 48.5 Å². The lowest BCUT2D eigenvalue weighted by Gasteiger charge is -2.44. The lowest BCUT2D eigenvalue weighted by atomic mass is 9.98. The van der Waals surface area contributed by atoms with Gasteiger partial charge in [-0.1, -0.05) is 24.3 Å². The Balaban J connectivity index is 1.75. The molecule has 1 saturated heterocycles. The van der Waals surface area contributed by atoms with E-state index in [1.807, 2.05) is 53.4 Å². The Kier molecular flexibility index (Phi) is 4.36. The Morgan fingerprint density at radius 3 is 2.19 bits per heavy atom. The average molecular weight is 376 g/mol. The molecule has 26 heavy (non-hydrogen) atoms. The summed E-state index contributed by atoms with van der Waals surface area (Å²) in [5, 5.41) is 10.9. The summed E-state index contributed by atoms with van der Waals surface area (Å²) in [6, 6.07) is 13.9. The molecule has 0 saturated carbocycles. The first kappa shape index (κ1) is 17.3. The molecular formula is C18H20N2O5S. The summed E-state index contributed by atoms with van der Waals surface area (Å²) in [5.74, 6) is 1.35. The van der Waals surface area contributed by atoms with Crippen molar-refractivity contribution in [3.63, 3.8) is 0 Å². The minimum absolute atomic E-state index is 0.123. The topological polar surface area (TPSA) is 88.1 Å². The van der Waals surface area contributed by atoms with Gasteiger partial charge in [0, 0.05) is 0 Å². The quantitative estimate of drug-likeness (QED) is 0.846. The van der Waals surface area contributed by atoms with Crippen LogP contribution in [-0.2, 0) is 14.8 Å². The summed E-state index contributed by atoms with van der Waals surface area (Å²) >= 11 is 0. The molecule has 2 unspecified atom stereocenters. The van der Waals surface area contributed by atoms with E-state index in [1.54, 1.807) is 0 Å². The molecule has 2 heterocycles. The van der Waals surface area contributed by atoms with Gasteiger partial charge in [0.1, 0.15) is 0 Å². The number of ether oxygens (including phenoxy) is 2. The molecule has 2 aromatic rings. The predicted octanol–water partition coefficient (Wildman–Crippen LogP) is 1.61. The zero-order chi connectivity index (χ0) is 18.3. The normalized spacial score (nSPS) is 25.2. The fourth-order valence-electron chi connectivity index (χ4n) is 3.48. The summed E-state index contributed by atoms with van der Waals surface area (Å²) in [5.41, 5.74) is 1.61. The largest absolute Gasteiger partial charge is 0.453 e. The summed E-state index contributed by atoms with van der Waals surface area (Å²) in [6.45, 7) is 0.393. The molecule has 2 N–H and O–H groups in total. The summed E-state index contributed by atoms with van der Waals surface area (Å²) in [6.07, 6.45) is 0.126. The van der Waals surface area contributed by atoms with E-state index in [4.69, 9.17) is 9.47 Å². The number of aliphatic hydroxyl groups excluding tert-OH is 1. The van der Waals surface area contributed by atoms with Crippen LogP contribution < -0.4 is 14.4 Å². The Morgan fingerprint density at radius 1 is 1.04 bits per heavy atom. The first-order chi connectivity index (χ1) is 12.4. The standard InChI is InChI=1S/C18H20N2O5S/c1-26(22,23)19-12-10-24-11-15(18(12)21)20-13-6-2-4-8-16(13)25-17-9-5-3-7-14(17)20/h2-9,12,15,18-19,21H,10-11H2,1H3/t12-,15?,18?/m0/s1. The van der Waals surface area contributed by atoms with Crippen LogP contribution in [0.3, 0.4) is 0 Å². The van der Waals surface area contributed by atoms with Crippen LogP contribution in [0.4, 0.5) is 11.4 Å². The molecule has 0 spiro atoms. The average Bonchev–Trinajstić information content (AvgIpc) is 2.61. The van der Waals surface area contributed by atoms with E-state index in [-0.39, 0.29) is 13.2 Å². The molecule has 2 aliphatic rings. The zero-order valence-electron chi connectivity index (χ0n) is 14.2. The van der Waals surface area contributed by atoms with Crippen molar-refractivity contribution in [2.24, 2.45) is 0 Å². The first-order valence-corrected chi connectivity index (χ1v) is 10.2. The highest BCUT2D eigenvalue weighted by atomic mass is 32.2. The lowest BCUT2D eigenvalue weighted by Crippen LogP contribution is -2.60. The van der Waals surface area contributed by atoms with Crippen molar-refractivity contribution in [1.82, 2.24) is 4.72 Å². The maximum absolute atomic E-state index is 11.6. The molecule has 1 fully saturated rings. The highest BCUT2D eigenvalue weighted by Gasteiger charge is 2.41. The van der Waals surface area contributed by atoms with Crippen molar-refractivity contribution in [2.45, 2.75) is 18.2 Å². The maximum atomic E-state index is 11.6. The van der Waals surface area contributed by atoms with E-state index in [2.05, 4.69) is 4.72 Å². The first-order valence-electron chi connectivity index (χ1n) is 8.32. The van der Waals surface area contributed by atoms with E-state index in [0.717, 1.165) is 17.6 Å². The molecule has 2 aliphatic heterocycles. The molecule has 138 valence electrons. The maximum Gasteiger partial charge on any atom is 0.209 e. The number of rotatable bonds is 3. The molecule has 7 nitrogen and oxygen atoms in total. The third-order valence-electron chi connectivity index (χ3n) is 4.56. The molecule has 0 amide bonds. The third-order valence-corrected chi connectivity index (χ3v) is 5.29. The number of para-hydroxylation sites is 4. The fraction of sp³-hybridized carbons (Fsp3) is 0.333. The van der Waals surface area contributed by atoms with E-state index in [9.17, 15) is 13.5 Å². The molecule has 4 rings (SSSR count). The van der Waals surface area contributed by atoms with E-state index < -0.39 is 28.2 Å². The Hall–Kier alpha value is -2.13. The van der Waals surface area contributed by atoms with E-state index in [1.165, 1.54) is 0 Å². The number of fused-ring (bicyclic) bond motifs is 2. The van der Waals surface area contributed by atoms with Crippen LogP contribution in [0.25, 0.3) is 0 Å². The van der Waals surface area contributed by atoms with Crippen LogP contribution >= 0.6 is 0 Å². The fourth-order valence-corrected chi connectivity index (χ4v) is 4.23. The van der Waals surface area contributed by atoms with Crippen LogP contribution in [-0.4, -0.2) is 51.2 Å². The number of hydrogen-bond donors (Lipinski definition) is 2. The van der Waals surface area contributed by atoms with Crippen LogP contribution in [0.5, 0.6) is 11.5 Å². The highest BCUT2D eigenvalue weighted by Crippen LogP contribution is 2.48. The van der Waals surface area contributed by atoms with Gasteiger partial charge in [-0.2, -0.15) is 0 Å². The summed E-state index contributed by atoms with van der Waals surface area (Å²) < 4.78 is 37.3. The van der Waals surface area contributed by atoms with Crippen LogP contribution in [0, 0.1) is 0 Å². The monoisotopic (exact) mass is 376 g/mol. The molecule has 0 radical (unpaired) electrons. The second-order valence-electron chi connectivity index (χ2n) is 6.50. The highest BCUT2D eigenvalue weighted by molar-refractivity contribution is 7.88. The van der Waals surface area contributed by atoms with E-state index >= 15 is 0 Å². The summed E-state index contributed by atoms with van der Waals surface area (Å²) in [4.78, 5) is 1.97. The Morgan fingerprint density at radius 2 is 1.62 bits per heavy atom. The number of aliphatic hydroxyl groups is 1. The molecule has 0 aliphatic carbocycles. The van der Waals surface area contributed by atoms with Gasteiger partial charge >= 0.3 is 0 Å². The minimum Gasteiger partial charge on any atom is -0.453 e. The van der Waals surface area contributed by atoms with Crippen LogP contribution in [0.1, 0.15) is 0 Å². The molecule has 0 bridgehead atoms. The zero-order valence-corrected chi connectivity index (χ0v) is 15.0. The number of nitrogens with one attached hydrogen (secondary N) is 1. The van der Waals surface area contributed by atoms with Crippen molar-refractivity contribution in [2.75, 3.05) is 24.4 Å². The van der Waals surface area contributed by atoms with E-state index in [0.29, 0.717) is 11.5 Å². The van der Waals surface area contributed by atoms with Crippen molar-refractivity contribution < 1.29 is 23.0 Å². The number of benzene rings is 2. The van der Waals surface area contributed by atoms with Gasteiger partial charge in [0.05, 0.1) is 49.0 Å². The third kappa shape index (κ3) is 3.16. The van der Waals surface area contributed by atoms with Crippen molar-refractivity contribution >= 4 is 21.4 Å². The second-order valence-corrected chi connectivity index (χ2v) is 8.28. The smallest absolute Gasteiger partial charge is 0.209 e. The van der Waals surface area contributed by atoms with Gasteiger partial charge < -0.3 is 19.5 Å². The van der Waals surface area contributed by atoms with Gasteiger partial charge in [0.15, 0.2) is 11.5 Å². The molecule has 3 atom stereocenters. The predicted molar refractivity (Wildman–Crippen MR) is 97.5 cm³/mol. The van der Waals surface area contributed by atoms with Gasteiger partial charge in [-0.25, -0.2) is 13.1 Å². The molecule has 2 aromatic carbocycles. The second kappa shape index (κ2) is 6.55. The summed E-state index contributed by atoms with van der Waals surface area (Å²) in [7, 11) is -3.47. The number of sulfonamides is 1. The van der Waals surface area contributed by atoms with Crippen LogP contribution in [0.2, 0.25) is 0 Å². The Labute approximate surface area is 152 Å². The van der Waals surface area contributed by atoms with Crippen molar-refractivity contribution in [1.29, 1.82) is 0 Å². The molecular weight excluding hydrogens is 356 g/mol. The number of hydrogen-bond acceptors (Lipinski definition) is 6. The van der Waals surface area contributed by atoms with Gasteiger partial charge in [-0.15, -0.1) is 0 Å². The molecule has 8 heteroatoms. The van der Waals surface area contributed by atoms with Gasteiger partial charge in [-0.05, 0) is 24.3 Å². The lowest BCUT2D eigenvalue weighted by molar-refractivity contribution is -0.0244. The Bertz CT molecular complexity index is 872.